The molecule has 0 aliphatic rings. The van der Waals surface area contributed by atoms with Crippen molar-refractivity contribution < 1.29 is 18.4 Å². The molecule has 0 saturated heterocycles. The van der Waals surface area contributed by atoms with E-state index in [4.69, 9.17) is 18.4 Å². The molecule has 0 spiro atoms. The van der Waals surface area contributed by atoms with Gasteiger partial charge in [0.2, 0.25) is 0 Å². The van der Waals surface area contributed by atoms with Crippen LogP contribution in [0.25, 0.3) is 88.0 Å². The van der Waals surface area contributed by atoms with E-state index in [1.54, 1.807) is 6.07 Å². The van der Waals surface area contributed by atoms with Gasteiger partial charge in [0.25, 0.3) is 0 Å². The van der Waals surface area contributed by atoms with Crippen LogP contribution in [-0.2, 0) is 0 Å². The van der Waals surface area contributed by atoms with E-state index in [0.717, 1.165) is 83.2 Å². The van der Waals surface area contributed by atoms with Crippen molar-refractivity contribution in [1.29, 1.82) is 0 Å². The predicted octanol–water partition coefficient (Wildman–Crippen LogP) is 15.1. The molecule has 2 heterocycles. The molecule has 9 aromatic carbocycles. The second kappa shape index (κ2) is 12.6. The zero-order chi connectivity index (χ0) is 42.4. The number of anilines is 3. The second-order valence-corrected chi connectivity index (χ2v) is 13.5. The van der Waals surface area contributed by atoms with Crippen molar-refractivity contribution in [1.82, 2.24) is 0 Å². The lowest BCUT2D eigenvalue weighted by atomic mass is 9.95. The first kappa shape index (κ1) is 24.8. The Labute approximate surface area is 327 Å². The monoisotopic (exact) mass is 710 g/mol. The molecular formula is C52H33NO2. The molecular weight excluding hydrogens is 671 g/mol. The first-order chi connectivity index (χ1) is 30.2. The Balaban J connectivity index is 1.03. The summed E-state index contributed by atoms with van der Waals surface area (Å²) in [6.45, 7) is 0. The van der Waals surface area contributed by atoms with Crippen molar-refractivity contribution in [2.45, 2.75) is 0 Å². The summed E-state index contributed by atoms with van der Waals surface area (Å²) in [6, 6.07) is 49.8. The van der Waals surface area contributed by atoms with Gasteiger partial charge < -0.3 is 13.7 Å². The molecule has 11 rings (SSSR count). The number of fused-ring (bicyclic) bond motifs is 7. The highest BCUT2D eigenvalue weighted by molar-refractivity contribution is 6.13. The molecule has 0 fully saturated rings. The van der Waals surface area contributed by atoms with Crippen LogP contribution in [0.4, 0.5) is 17.1 Å². The molecule has 0 saturated carbocycles. The van der Waals surface area contributed by atoms with Gasteiger partial charge in [-0.25, -0.2) is 0 Å². The van der Waals surface area contributed by atoms with E-state index in [2.05, 4.69) is 77.7 Å². The fraction of sp³-hybridized carbons (Fsp3) is 0. The Kier molecular flexibility index (Phi) is 5.70. The van der Waals surface area contributed by atoms with Crippen LogP contribution >= 0.6 is 0 Å². The van der Waals surface area contributed by atoms with Gasteiger partial charge in [-0.2, -0.15) is 0 Å². The Bertz CT molecular complexity index is 3610. The van der Waals surface area contributed by atoms with E-state index in [-0.39, 0.29) is 28.4 Å². The van der Waals surface area contributed by atoms with Gasteiger partial charge in [-0.3, -0.25) is 0 Å². The molecule has 0 bridgehead atoms. The van der Waals surface area contributed by atoms with Gasteiger partial charge in [-0.05, 0) is 93.2 Å². The maximum atomic E-state index is 8.90. The minimum atomic E-state index is -0.476. The van der Waals surface area contributed by atoms with E-state index >= 15 is 0 Å². The number of benzene rings is 9. The minimum Gasteiger partial charge on any atom is -0.456 e. The standard InChI is InChI=1S/C52H33NO2/c1-2-15-41-35(11-1)12-8-18-42(41)38-14-7-13-37(33-38)34-25-29-39(30-26-34)53(47-21-10-24-50-51(47)46-17-4-6-23-49(46)54-50)40-31-27-36(28-32-40)43-19-9-20-45-44-16-3-5-22-48(44)55-52(43)45/h1-33H/i1D,2D,8D,11D,12D,15D,18D. The Morgan fingerprint density at radius 3 is 1.87 bits per heavy atom. The van der Waals surface area contributed by atoms with Crippen LogP contribution in [0, 0.1) is 0 Å². The summed E-state index contributed by atoms with van der Waals surface area (Å²) in [5, 5.41) is 4.14. The van der Waals surface area contributed by atoms with Gasteiger partial charge in [0.05, 0.1) is 20.7 Å². The molecule has 3 heteroatoms. The average molecular weight is 711 g/mol. The molecule has 0 radical (unpaired) electrons. The molecule has 0 aliphatic carbocycles. The fourth-order valence-corrected chi connectivity index (χ4v) is 7.82. The molecule has 3 nitrogen and oxygen atoms in total. The second-order valence-electron chi connectivity index (χ2n) is 13.5. The first-order valence-electron chi connectivity index (χ1n) is 21.6. The van der Waals surface area contributed by atoms with Gasteiger partial charge in [0.15, 0.2) is 0 Å². The predicted molar refractivity (Wildman–Crippen MR) is 229 cm³/mol. The van der Waals surface area contributed by atoms with Crippen molar-refractivity contribution in [3.05, 3.63) is 200 Å². The number of hydrogen-bond donors (Lipinski definition) is 0. The smallest absolute Gasteiger partial charge is 0.143 e. The molecule has 258 valence electrons. The Hall–Kier alpha value is -7.36. The molecule has 0 aliphatic heterocycles. The number of hydrogen-bond acceptors (Lipinski definition) is 3. The minimum absolute atomic E-state index is 0.0615. The van der Waals surface area contributed by atoms with Crippen LogP contribution in [-0.4, -0.2) is 0 Å². The van der Waals surface area contributed by atoms with Crippen molar-refractivity contribution in [3.63, 3.8) is 0 Å². The van der Waals surface area contributed by atoms with Crippen LogP contribution in [0.3, 0.4) is 0 Å². The number of para-hydroxylation sites is 3. The maximum absolute atomic E-state index is 8.90. The third-order valence-electron chi connectivity index (χ3n) is 10.4. The molecule has 0 unspecified atom stereocenters. The highest BCUT2D eigenvalue weighted by Crippen LogP contribution is 2.44. The van der Waals surface area contributed by atoms with Crippen LogP contribution in [0.15, 0.2) is 209 Å². The molecule has 0 N–H and O–H groups in total. The highest BCUT2D eigenvalue weighted by Gasteiger charge is 2.20. The van der Waals surface area contributed by atoms with Gasteiger partial charge in [0.1, 0.15) is 22.3 Å². The maximum Gasteiger partial charge on any atom is 0.143 e. The van der Waals surface area contributed by atoms with E-state index in [1.165, 1.54) is 0 Å². The summed E-state index contributed by atoms with van der Waals surface area (Å²) >= 11 is 0. The Morgan fingerprint density at radius 2 is 1.04 bits per heavy atom. The average Bonchev–Trinajstić information content (AvgIpc) is 3.89. The summed E-state index contributed by atoms with van der Waals surface area (Å²) in [5.74, 6) is 0. The van der Waals surface area contributed by atoms with Crippen molar-refractivity contribution in [2.75, 3.05) is 4.90 Å². The fourth-order valence-electron chi connectivity index (χ4n) is 7.82. The van der Waals surface area contributed by atoms with Crippen LogP contribution in [0.2, 0.25) is 0 Å². The van der Waals surface area contributed by atoms with E-state index in [1.807, 2.05) is 78.9 Å². The van der Waals surface area contributed by atoms with Crippen molar-refractivity contribution in [3.8, 4) is 33.4 Å². The quantitative estimate of drug-likeness (QED) is 0.172. The van der Waals surface area contributed by atoms with Crippen LogP contribution < -0.4 is 4.90 Å². The zero-order valence-corrected chi connectivity index (χ0v) is 29.3. The molecule has 0 atom stereocenters. The first-order valence-corrected chi connectivity index (χ1v) is 18.1. The van der Waals surface area contributed by atoms with E-state index < -0.39 is 30.2 Å². The topological polar surface area (TPSA) is 29.5 Å². The van der Waals surface area contributed by atoms with E-state index in [0.29, 0.717) is 5.56 Å². The lowest BCUT2D eigenvalue weighted by molar-refractivity contribution is 0.669. The SMILES string of the molecule is [2H]c1c([2H])c([2H])c2c(-c3cccc(-c4ccc(N(c5ccc(-c6cccc7c6oc6ccccc67)cc5)c5cccc6oc7ccccc7c56)cc4)c3)c([2H])c([2H])c([2H])c2c1[2H]. The highest BCUT2D eigenvalue weighted by atomic mass is 16.3. The summed E-state index contributed by atoms with van der Waals surface area (Å²) in [6.07, 6.45) is 0. The van der Waals surface area contributed by atoms with Crippen LogP contribution in [0.1, 0.15) is 9.60 Å². The molecule has 55 heavy (non-hydrogen) atoms. The van der Waals surface area contributed by atoms with Crippen LogP contribution in [0.5, 0.6) is 0 Å². The number of nitrogens with zero attached hydrogens (tertiary/aromatic N) is 1. The summed E-state index contributed by atoms with van der Waals surface area (Å²) < 4.78 is 72.7. The van der Waals surface area contributed by atoms with Gasteiger partial charge in [-0.15, -0.1) is 0 Å². The Morgan fingerprint density at radius 1 is 0.400 bits per heavy atom. The lowest BCUT2D eigenvalue weighted by Crippen LogP contribution is -2.10. The van der Waals surface area contributed by atoms with Crippen molar-refractivity contribution >= 4 is 71.7 Å². The normalized spacial score (nSPS) is 13.4. The van der Waals surface area contributed by atoms with Gasteiger partial charge in [-0.1, -0.05) is 145 Å². The largest absolute Gasteiger partial charge is 0.456 e. The summed E-state index contributed by atoms with van der Waals surface area (Å²) in [5.41, 5.74) is 10.5. The van der Waals surface area contributed by atoms with E-state index in [9.17, 15) is 0 Å². The summed E-state index contributed by atoms with van der Waals surface area (Å²) in [4.78, 5) is 2.22. The number of rotatable bonds is 6. The third kappa shape index (κ3) is 5.20. The molecule has 0 amide bonds. The van der Waals surface area contributed by atoms with Gasteiger partial charge >= 0.3 is 0 Å². The van der Waals surface area contributed by atoms with Crippen molar-refractivity contribution in [2.24, 2.45) is 0 Å². The molecule has 2 aromatic heterocycles. The third-order valence-corrected chi connectivity index (χ3v) is 10.4. The molecule has 11 aromatic rings. The van der Waals surface area contributed by atoms with Gasteiger partial charge in [0, 0.05) is 33.1 Å². The number of furan rings is 2. The summed E-state index contributed by atoms with van der Waals surface area (Å²) in [7, 11) is 0. The zero-order valence-electron chi connectivity index (χ0n) is 36.3. The lowest BCUT2D eigenvalue weighted by Gasteiger charge is -2.26.